The first-order chi connectivity index (χ1) is 12.0. The molecule has 2 unspecified atom stereocenters. The van der Waals surface area contributed by atoms with Crippen LogP contribution in [0.25, 0.3) is 0 Å². The quantitative estimate of drug-likeness (QED) is 0.597. The Kier molecular flexibility index (Phi) is 4.85. The average Bonchev–Trinajstić information content (AvgIpc) is 3.32. The van der Waals surface area contributed by atoms with Crippen LogP contribution < -0.4 is 16.4 Å². The Hall–Kier alpha value is -2.67. The van der Waals surface area contributed by atoms with Crippen LogP contribution >= 0.6 is 0 Å². The van der Waals surface area contributed by atoms with Gasteiger partial charge in [-0.25, -0.2) is 9.97 Å². The number of amides is 1. The Morgan fingerprint density at radius 1 is 1.24 bits per heavy atom. The number of hydrogen-bond donors (Lipinski definition) is 4. The van der Waals surface area contributed by atoms with Crippen LogP contribution in [0.3, 0.4) is 0 Å². The van der Waals surface area contributed by atoms with E-state index >= 15 is 0 Å². The number of nitrogens with one attached hydrogen (secondary N) is 2. The molecular formula is C18H23N5O2. The number of hydrogen-bond acceptors (Lipinski definition) is 6. The van der Waals surface area contributed by atoms with Gasteiger partial charge in [0.1, 0.15) is 5.75 Å². The van der Waals surface area contributed by atoms with Crippen molar-refractivity contribution in [3.63, 3.8) is 0 Å². The molecule has 0 spiro atoms. The molecule has 25 heavy (non-hydrogen) atoms. The molecule has 0 saturated heterocycles. The monoisotopic (exact) mass is 341 g/mol. The van der Waals surface area contributed by atoms with Gasteiger partial charge in [0.05, 0.1) is 5.56 Å². The Labute approximate surface area is 146 Å². The number of aromatic hydroxyl groups is 1. The van der Waals surface area contributed by atoms with E-state index < -0.39 is 0 Å². The van der Waals surface area contributed by atoms with Gasteiger partial charge in [-0.1, -0.05) is 0 Å². The zero-order valence-corrected chi connectivity index (χ0v) is 14.4. The first-order valence-electron chi connectivity index (χ1n) is 8.37. The number of carbonyl (C=O) groups is 1. The van der Waals surface area contributed by atoms with E-state index in [1.54, 1.807) is 12.1 Å². The molecule has 1 aliphatic rings. The molecule has 5 N–H and O–H groups in total. The zero-order valence-electron chi connectivity index (χ0n) is 14.4. The molecule has 132 valence electrons. The van der Waals surface area contributed by atoms with E-state index in [-0.39, 0.29) is 17.2 Å². The molecule has 7 nitrogen and oxygen atoms in total. The molecule has 1 aliphatic carbocycles. The van der Waals surface area contributed by atoms with Crippen LogP contribution in [-0.2, 0) is 0 Å². The highest BCUT2D eigenvalue weighted by Crippen LogP contribution is 2.36. The van der Waals surface area contributed by atoms with E-state index in [1.807, 2.05) is 19.9 Å². The van der Waals surface area contributed by atoms with Crippen molar-refractivity contribution in [2.45, 2.75) is 20.3 Å². The van der Waals surface area contributed by atoms with Crippen LogP contribution in [0.5, 0.6) is 5.75 Å². The number of anilines is 2. The molecule has 1 amide bonds. The van der Waals surface area contributed by atoms with Crippen molar-refractivity contribution in [2.24, 2.45) is 17.6 Å². The van der Waals surface area contributed by atoms with Crippen molar-refractivity contribution >= 4 is 17.5 Å². The van der Waals surface area contributed by atoms with Gasteiger partial charge in [-0.2, -0.15) is 0 Å². The normalized spacial score (nSPS) is 18.7. The number of phenolic OH excluding ortho intramolecular Hbond substituents is 1. The number of nitrogens with two attached hydrogens (primary N) is 1. The fourth-order valence-corrected chi connectivity index (χ4v) is 2.87. The standard InChI is InChI=1S/C18H23N5O2/c1-10-5-11(2)22-18(21-10)23-14-3-4-16(24)15(7-14)17(25)20-9-13-6-12(13)8-19/h3-5,7,12-13,24H,6,8-9,19H2,1-2H3,(H,20,25)(H,21,22,23). The summed E-state index contributed by atoms with van der Waals surface area (Å²) in [5.74, 6) is 1.05. The highest BCUT2D eigenvalue weighted by Gasteiger charge is 2.35. The van der Waals surface area contributed by atoms with E-state index in [9.17, 15) is 9.90 Å². The molecule has 1 aromatic carbocycles. The van der Waals surface area contributed by atoms with Crippen LogP contribution in [-0.4, -0.2) is 34.1 Å². The van der Waals surface area contributed by atoms with E-state index in [4.69, 9.17) is 5.73 Å². The van der Waals surface area contributed by atoms with Crippen molar-refractivity contribution in [2.75, 3.05) is 18.4 Å². The maximum Gasteiger partial charge on any atom is 0.255 e. The molecule has 0 bridgehead atoms. The summed E-state index contributed by atoms with van der Waals surface area (Å²) in [5.41, 5.74) is 8.17. The van der Waals surface area contributed by atoms with Gasteiger partial charge in [0.15, 0.2) is 0 Å². The molecule has 3 rings (SSSR count). The van der Waals surface area contributed by atoms with E-state index in [1.165, 1.54) is 6.07 Å². The molecular weight excluding hydrogens is 318 g/mol. The average molecular weight is 341 g/mol. The van der Waals surface area contributed by atoms with Crippen molar-refractivity contribution < 1.29 is 9.90 Å². The van der Waals surface area contributed by atoms with E-state index in [0.29, 0.717) is 36.6 Å². The minimum Gasteiger partial charge on any atom is -0.507 e. The fourth-order valence-electron chi connectivity index (χ4n) is 2.87. The SMILES string of the molecule is Cc1cc(C)nc(Nc2ccc(O)c(C(=O)NCC3CC3CN)c2)n1. The third-order valence-electron chi connectivity index (χ3n) is 4.38. The molecule has 2 atom stereocenters. The van der Waals surface area contributed by atoms with Crippen LogP contribution in [0.1, 0.15) is 28.2 Å². The second-order valence-corrected chi connectivity index (χ2v) is 6.53. The number of benzene rings is 1. The van der Waals surface area contributed by atoms with Crippen LogP contribution in [0.4, 0.5) is 11.6 Å². The summed E-state index contributed by atoms with van der Waals surface area (Å²) in [5, 5.41) is 15.9. The summed E-state index contributed by atoms with van der Waals surface area (Å²) in [4.78, 5) is 21.0. The smallest absolute Gasteiger partial charge is 0.255 e. The molecule has 1 fully saturated rings. The first kappa shape index (κ1) is 17.2. The lowest BCUT2D eigenvalue weighted by Gasteiger charge is -2.10. The van der Waals surface area contributed by atoms with Gasteiger partial charge in [0.25, 0.3) is 5.91 Å². The Morgan fingerprint density at radius 3 is 2.60 bits per heavy atom. The lowest BCUT2D eigenvalue weighted by Crippen LogP contribution is -2.26. The van der Waals surface area contributed by atoms with Gasteiger partial charge < -0.3 is 21.5 Å². The van der Waals surface area contributed by atoms with Crippen molar-refractivity contribution in [1.29, 1.82) is 0 Å². The predicted molar refractivity (Wildman–Crippen MR) is 95.9 cm³/mol. The number of nitrogens with zero attached hydrogens (tertiary/aromatic N) is 2. The van der Waals surface area contributed by atoms with Crippen molar-refractivity contribution in [3.05, 3.63) is 41.2 Å². The molecule has 0 radical (unpaired) electrons. The summed E-state index contributed by atoms with van der Waals surface area (Å²) in [6.07, 6.45) is 1.05. The maximum atomic E-state index is 12.3. The third-order valence-corrected chi connectivity index (χ3v) is 4.38. The second-order valence-electron chi connectivity index (χ2n) is 6.53. The predicted octanol–water partition coefficient (Wildman–Crippen LogP) is 1.87. The number of phenols is 1. The minimum atomic E-state index is -0.301. The fraction of sp³-hybridized carbons (Fsp3) is 0.389. The summed E-state index contributed by atoms with van der Waals surface area (Å²) in [6.45, 7) is 5.02. The molecule has 1 aromatic heterocycles. The van der Waals surface area contributed by atoms with E-state index in [0.717, 1.165) is 17.8 Å². The lowest BCUT2D eigenvalue weighted by atomic mass is 10.1. The van der Waals surface area contributed by atoms with Crippen molar-refractivity contribution in [1.82, 2.24) is 15.3 Å². The molecule has 1 saturated carbocycles. The molecule has 7 heteroatoms. The van der Waals surface area contributed by atoms with Crippen LogP contribution in [0, 0.1) is 25.7 Å². The second kappa shape index (κ2) is 7.06. The largest absolute Gasteiger partial charge is 0.507 e. The first-order valence-corrected chi connectivity index (χ1v) is 8.37. The molecule has 0 aliphatic heterocycles. The van der Waals surface area contributed by atoms with Gasteiger partial charge in [-0.05, 0) is 62.9 Å². The number of carbonyl (C=O) groups excluding carboxylic acids is 1. The molecule has 1 heterocycles. The molecule has 2 aromatic rings. The van der Waals surface area contributed by atoms with Gasteiger partial charge in [0.2, 0.25) is 5.95 Å². The van der Waals surface area contributed by atoms with E-state index in [2.05, 4.69) is 20.6 Å². The highest BCUT2D eigenvalue weighted by atomic mass is 16.3. The maximum absolute atomic E-state index is 12.3. The van der Waals surface area contributed by atoms with Crippen LogP contribution in [0.15, 0.2) is 24.3 Å². The topological polar surface area (TPSA) is 113 Å². The van der Waals surface area contributed by atoms with Gasteiger partial charge in [0, 0.05) is 23.6 Å². The zero-order chi connectivity index (χ0) is 18.0. The van der Waals surface area contributed by atoms with Gasteiger partial charge >= 0.3 is 0 Å². The van der Waals surface area contributed by atoms with Crippen molar-refractivity contribution in [3.8, 4) is 5.75 Å². The number of aryl methyl sites for hydroxylation is 2. The number of aromatic nitrogens is 2. The van der Waals surface area contributed by atoms with Gasteiger partial charge in [-0.3, -0.25) is 4.79 Å². The minimum absolute atomic E-state index is 0.0597. The summed E-state index contributed by atoms with van der Waals surface area (Å²) < 4.78 is 0. The van der Waals surface area contributed by atoms with Crippen LogP contribution in [0.2, 0.25) is 0 Å². The third kappa shape index (κ3) is 4.24. The Morgan fingerprint density at radius 2 is 1.96 bits per heavy atom. The summed E-state index contributed by atoms with van der Waals surface area (Å²) >= 11 is 0. The lowest BCUT2D eigenvalue weighted by molar-refractivity contribution is 0.0948. The summed E-state index contributed by atoms with van der Waals surface area (Å²) in [6, 6.07) is 6.64. The number of rotatable bonds is 6. The highest BCUT2D eigenvalue weighted by molar-refractivity contribution is 5.97. The summed E-state index contributed by atoms with van der Waals surface area (Å²) in [7, 11) is 0. The Bertz CT molecular complexity index is 773. The Balaban J connectivity index is 1.70. The van der Waals surface area contributed by atoms with Gasteiger partial charge in [-0.15, -0.1) is 0 Å².